The van der Waals surface area contributed by atoms with Gasteiger partial charge in [0.1, 0.15) is 6.29 Å². The average molecular weight is 273 g/mol. The number of rotatable bonds is 2. The number of H-pyrrole nitrogens is 1. The first-order chi connectivity index (χ1) is 8.04. The minimum atomic E-state index is -0.673. The van der Waals surface area contributed by atoms with Crippen LogP contribution < -0.4 is 11.2 Å². The number of hydrogen-bond donors (Lipinski definition) is 1. The first-order valence-corrected chi connectivity index (χ1v) is 5.35. The van der Waals surface area contributed by atoms with Gasteiger partial charge in [0.15, 0.2) is 0 Å². The maximum atomic E-state index is 11.6. The van der Waals surface area contributed by atoms with E-state index in [0.717, 1.165) is 4.57 Å². The molecule has 0 saturated carbocycles. The minimum absolute atomic E-state index is 0.133. The molecule has 0 spiro atoms. The second kappa shape index (κ2) is 4.35. The number of carbonyl (C=O) groups excluding carboxylic acids is 1. The Hall–Kier alpha value is -1.59. The van der Waals surface area contributed by atoms with Crippen LogP contribution in [0.15, 0.2) is 21.7 Å². The smallest absolute Gasteiger partial charge is 0.301 e. The van der Waals surface area contributed by atoms with Crippen molar-refractivity contribution in [3.63, 3.8) is 0 Å². The first-order valence-electron chi connectivity index (χ1n) is 4.60. The van der Waals surface area contributed by atoms with Crippen LogP contribution in [0.3, 0.4) is 0 Å². The first kappa shape index (κ1) is 11.9. The van der Waals surface area contributed by atoms with E-state index in [-0.39, 0.29) is 27.5 Å². The molecule has 0 aliphatic heterocycles. The zero-order valence-electron chi connectivity index (χ0n) is 8.37. The van der Waals surface area contributed by atoms with E-state index in [1.165, 1.54) is 12.1 Å². The van der Waals surface area contributed by atoms with E-state index in [2.05, 4.69) is 4.98 Å². The Balaban J connectivity index is 3.04. The zero-order valence-corrected chi connectivity index (χ0v) is 9.88. The fraction of sp³-hybridized carbons (Fsp3) is 0.100. The minimum Gasteiger partial charge on any atom is -0.301 e. The highest BCUT2D eigenvalue weighted by Crippen LogP contribution is 2.24. The molecule has 1 aromatic carbocycles. The SMILES string of the molecule is O=CCn1c(=O)[nH]c(=O)c2c(Cl)cc(Cl)cc21. The lowest BCUT2D eigenvalue weighted by Gasteiger charge is -2.07. The molecule has 2 aromatic rings. The highest BCUT2D eigenvalue weighted by atomic mass is 35.5. The average Bonchev–Trinajstić information content (AvgIpc) is 2.22. The molecule has 1 N–H and O–H groups in total. The van der Waals surface area contributed by atoms with Crippen LogP contribution in [-0.4, -0.2) is 15.8 Å². The summed E-state index contributed by atoms with van der Waals surface area (Å²) in [6, 6.07) is 2.82. The Morgan fingerprint density at radius 3 is 2.65 bits per heavy atom. The fourth-order valence-electron chi connectivity index (χ4n) is 1.59. The van der Waals surface area contributed by atoms with Crippen molar-refractivity contribution >= 4 is 40.4 Å². The second-order valence-electron chi connectivity index (χ2n) is 3.32. The summed E-state index contributed by atoms with van der Waals surface area (Å²) in [4.78, 5) is 35.7. The number of aromatic amines is 1. The standard InChI is InChI=1S/C10H6Cl2N2O3/c11-5-3-6(12)8-7(4-5)14(1-2-15)10(17)13-9(8)16/h2-4H,1H2,(H,13,16,17). The van der Waals surface area contributed by atoms with E-state index in [1.54, 1.807) is 0 Å². The molecule has 0 atom stereocenters. The van der Waals surface area contributed by atoms with Gasteiger partial charge in [0.25, 0.3) is 5.56 Å². The van der Waals surface area contributed by atoms with Crippen LogP contribution >= 0.6 is 23.2 Å². The monoisotopic (exact) mass is 272 g/mol. The molecular formula is C10H6Cl2N2O3. The molecule has 0 unspecified atom stereocenters. The molecule has 17 heavy (non-hydrogen) atoms. The van der Waals surface area contributed by atoms with Crippen LogP contribution in [-0.2, 0) is 11.3 Å². The van der Waals surface area contributed by atoms with Crippen molar-refractivity contribution in [2.75, 3.05) is 0 Å². The van der Waals surface area contributed by atoms with Gasteiger partial charge in [-0.3, -0.25) is 14.3 Å². The Bertz CT molecular complexity index is 718. The van der Waals surface area contributed by atoms with Crippen LogP contribution in [0.4, 0.5) is 0 Å². The summed E-state index contributed by atoms with van der Waals surface area (Å²) >= 11 is 11.7. The fourth-order valence-corrected chi connectivity index (χ4v) is 2.16. The normalized spacial score (nSPS) is 10.7. The molecular weight excluding hydrogens is 267 g/mol. The van der Waals surface area contributed by atoms with Gasteiger partial charge in [0.05, 0.1) is 22.5 Å². The highest BCUT2D eigenvalue weighted by molar-refractivity contribution is 6.38. The predicted octanol–water partition coefficient (Wildman–Crippen LogP) is 1.20. The molecule has 5 nitrogen and oxygen atoms in total. The third kappa shape index (κ3) is 1.99. The van der Waals surface area contributed by atoms with E-state index >= 15 is 0 Å². The van der Waals surface area contributed by atoms with Gasteiger partial charge in [-0.05, 0) is 12.1 Å². The summed E-state index contributed by atoms with van der Waals surface area (Å²) in [5.74, 6) is 0. The summed E-state index contributed by atoms with van der Waals surface area (Å²) in [5, 5.41) is 0.554. The number of nitrogens with one attached hydrogen (secondary N) is 1. The summed E-state index contributed by atoms with van der Waals surface area (Å²) in [7, 11) is 0. The second-order valence-corrected chi connectivity index (χ2v) is 4.16. The van der Waals surface area contributed by atoms with Crippen molar-refractivity contribution in [2.45, 2.75) is 6.54 Å². The van der Waals surface area contributed by atoms with Gasteiger partial charge >= 0.3 is 5.69 Å². The number of aldehydes is 1. The van der Waals surface area contributed by atoms with Crippen molar-refractivity contribution in [2.24, 2.45) is 0 Å². The molecule has 2 rings (SSSR count). The van der Waals surface area contributed by atoms with Crippen molar-refractivity contribution < 1.29 is 4.79 Å². The third-order valence-corrected chi connectivity index (χ3v) is 2.79. The summed E-state index contributed by atoms with van der Waals surface area (Å²) in [5.41, 5.74) is -1.04. The summed E-state index contributed by atoms with van der Waals surface area (Å²) in [6.45, 7) is -0.178. The van der Waals surface area contributed by atoms with E-state index < -0.39 is 11.2 Å². The van der Waals surface area contributed by atoms with Crippen molar-refractivity contribution in [1.82, 2.24) is 9.55 Å². The number of fused-ring (bicyclic) bond motifs is 1. The van der Waals surface area contributed by atoms with Crippen molar-refractivity contribution in [3.05, 3.63) is 43.0 Å². The number of halogens is 2. The molecule has 1 heterocycles. The summed E-state index contributed by atoms with van der Waals surface area (Å²) in [6.07, 6.45) is 0.550. The van der Waals surface area contributed by atoms with E-state index in [0.29, 0.717) is 6.29 Å². The largest absolute Gasteiger partial charge is 0.329 e. The lowest BCUT2D eigenvalue weighted by molar-refractivity contribution is -0.108. The molecule has 88 valence electrons. The van der Waals surface area contributed by atoms with Gasteiger partial charge in [-0.1, -0.05) is 23.2 Å². The van der Waals surface area contributed by atoms with E-state index in [1.807, 2.05) is 0 Å². The van der Waals surface area contributed by atoms with Gasteiger partial charge in [0, 0.05) is 5.02 Å². The maximum Gasteiger partial charge on any atom is 0.329 e. The van der Waals surface area contributed by atoms with Gasteiger partial charge in [0.2, 0.25) is 0 Å². The molecule has 7 heteroatoms. The summed E-state index contributed by atoms with van der Waals surface area (Å²) < 4.78 is 1.10. The number of hydrogen-bond acceptors (Lipinski definition) is 3. The molecule has 0 amide bonds. The Morgan fingerprint density at radius 2 is 2.00 bits per heavy atom. The lowest BCUT2D eigenvalue weighted by Crippen LogP contribution is -2.30. The molecule has 0 radical (unpaired) electrons. The van der Waals surface area contributed by atoms with Gasteiger partial charge in [-0.25, -0.2) is 4.79 Å². The van der Waals surface area contributed by atoms with Gasteiger partial charge in [-0.2, -0.15) is 0 Å². The number of carbonyl (C=O) groups is 1. The van der Waals surface area contributed by atoms with Crippen LogP contribution in [0.5, 0.6) is 0 Å². The van der Waals surface area contributed by atoms with Crippen LogP contribution in [0.1, 0.15) is 0 Å². The highest BCUT2D eigenvalue weighted by Gasteiger charge is 2.11. The van der Waals surface area contributed by atoms with Gasteiger partial charge in [-0.15, -0.1) is 0 Å². The van der Waals surface area contributed by atoms with Crippen LogP contribution in [0.25, 0.3) is 10.9 Å². The Labute approximate surface area is 105 Å². The molecule has 0 aliphatic rings. The molecule has 0 aliphatic carbocycles. The zero-order chi connectivity index (χ0) is 12.6. The predicted molar refractivity (Wildman–Crippen MR) is 64.9 cm³/mol. The molecule has 0 fully saturated rings. The number of aromatic nitrogens is 2. The van der Waals surface area contributed by atoms with E-state index in [9.17, 15) is 14.4 Å². The number of benzene rings is 1. The molecule has 1 aromatic heterocycles. The Morgan fingerprint density at radius 1 is 1.29 bits per heavy atom. The topological polar surface area (TPSA) is 71.9 Å². The molecule has 0 saturated heterocycles. The molecule has 0 bridgehead atoms. The van der Waals surface area contributed by atoms with E-state index in [4.69, 9.17) is 23.2 Å². The quantitative estimate of drug-likeness (QED) is 0.835. The third-order valence-electron chi connectivity index (χ3n) is 2.27. The maximum absolute atomic E-state index is 11.6. The van der Waals surface area contributed by atoms with Crippen molar-refractivity contribution in [1.29, 1.82) is 0 Å². The van der Waals surface area contributed by atoms with Crippen molar-refractivity contribution in [3.8, 4) is 0 Å². The van der Waals surface area contributed by atoms with Crippen LogP contribution in [0.2, 0.25) is 10.0 Å². The lowest BCUT2D eigenvalue weighted by atomic mass is 10.2. The number of nitrogens with zero attached hydrogens (tertiary/aromatic N) is 1. The van der Waals surface area contributed by atoms with Gasteiger partial charge < -0.3 is 4.79 Å². The Kier molecular flexibility index (Phi) is 3.04. The van der Waals surface area contributed by atoms with Crippen LogP contribution in [0, 0.1) is 0 Å².